The van der Waals surface area contributed by atoms with E-state index in [2.05, 4.69) is 0 Å². The molecule has 0 bridgehead atoms. The second-order valence-electron chi connectivity index (χ2n) is 4.52. The summed E-state index contributed by atoms with van der Waals surface area (Å²) >= 11 is 0. The maximum absolute atomic E-state index is 11.3. The molecule has 0 saturated heterocycles. The molecule has 2 rings (SSSR count). The average Bonchev–Trinajstić information content (AvgIpc) is 2.30. The Morgan fingerprint density at radius 3 is 2.58 bits per heavy atom. The summed E-state index contributed by atoms with van der Waals surface area (Å²) in [5.74, 6) is 0.0200. The van der Waals surface area contributed by atoms with E-state index in [1.165, 1.54) is 6.07 Å². The van der Waals surface area contributed by atoms with Gasteiger partial charge in [-0.1, -0.05) is 0 Å². The fraction of sp³-hybridized carbons (Fsp3) is 0.286. The molecule has 2 N–H and O–H groups in total. The van der Waals surface area contributed by atoms with E-state index >= 15 is 0 Å². The molecule has 19 heavy (non-hydrogen) atoms. The van der Waals surface area contributed by atoms with Gasteiger partial charge in [-0.2, -0.15) is 0 Å². The molecule has 1 unspecified atom stereocenters. The highest BCUT2D eigenvalue weighted by Crippen LogP contribution is 2.27. The molecule has 1 atom stereocenters. The maximum Gasteiger partial charge on any atom is 0.336 e. The number of benzene rings is 1. The van der Waals surface area contributed by atoms with Gasteiger partial charge in [0, 0.05) is 11.5 Å². The van der Waals surface area contributed by atoms with Crippen LogP contribution in [0.1, 0.15) is 18.1 Å². The van der Waals surface area contributed by atoms with Crippen molar-refractivity contribution < 1.29 is 13.9 Å². The summed E-state index contributed by atoms with van der Waals surface area (Å²) in [5.41, 5.74) is 6.86. The molecule has 0 aliphatic carbocycles. The number of aryl methyl sites for hydroxylation is 2. The molecule has 0 radical (unpaired) electrons. The largest absolute Gasteiger partial charge is 0.481 e. The first-order valence-corrected chi connectivity index (χ1v) is 5.89. The van der Waals surface area contributed by atoms with Crippen LogP contribution in [0.15, 0.2) is 27.4 Å². The van der Waals surface area contributed by atoms with E-state index in [1.807, 2.05) is 13.8 Å². The third-order valence-corrected chi connectivity index (χ3v) is 2.95. The van der Waals surface area contributed by atoms with Crippen molar-refractivity contribution in [3.8, 4) is 5.75 Å². The highest BCUT2D eigenvalue weighted by molar-refractivity contribution is 5.83. The van der Waals surface area contributed by atoms with Gasteiger partial charge in [0.05, 0.1) is 0 Å². The van der Waals surface area contributed by atoms with Crippen LogP contribution in [-0.4, -0.2) is 12.0 Å². The van der Waals surface area contributed by atoms with Gasteiger partial charge in [0.2, 0.25) is 0 Å². The minimum absolute atomic E-state index is 0.386. The molecule has 1 aromatic carbocycles. The number of ether oxygens (including phenoxy) is 1. The molecular weight excluding hydrogens is 246 g/mol. The van der Waals surface area contributed by atoms with E-state index in [9.17, 15) is 9.59 Å². The summed E-state index contributed by atoms with van der Waals surface area (Å²) in [4.78, 5) is 22.3. The molecular formula is C14H15NO4. The van der Waals surface area contributed by atoms with Crippen LogP contribution in [0.3, 0.4) is 0 Å². The maximum atomic E-state index is 11.3. The van der Waals surface area contributed by atoms with Crippen LogP contribution in [-0.2, 0) is 4.79 Å². The van der Waals surface area contributed by atoms with Gasteiger partial charge in [0.25, 0.3) is 5.91 Å². The third-order valence-electron chi connectivity index (χ3n) is 2.95. The Bertz CT molecular complexity index is 702. The minimum atomic E-state index is -0.716. The first kappa shape index (κ1) is 13.1. The molecule has 1 aromatic heterocycles. The molecule has 1 amide bonds. The number of nitrogens with two attached hydrogens (primary N) is 1. The van der Waals surface area contributed by atoms with E-state index < -0.39 is 12.0 Å². The zero-order chi connectivity index (χ0) is 14.2. The molecule has 100 valence electrons. The fourth-order valence-corrected chi connectivity index (χ4v) is 1.82. The van der Waals surface area contributed by atoms with Crippen molar-refractivity contribution >= 4 is 16.9 Å². The fourth-order valence-electron chi connectivity index (χ4n) is 1.82. The third kappa shape index (κ3) is 2.59. The lowest BCUT2D eigenvalue weighted by atomic mass is 10.1. The average molecular weight is 261 g/mol. The van der Waals surface area contributed by atoms with Gasteiger partial charge in [0.15, 0.2) is 6.10 Å². The number of carbonyl (C=O) groups excluding carboxylic acids is 1. The van der Waals surface area contributed by atoms with E-state index in [1.54, 1.807) is 19.1 Å². The number of primary amides is 1. The van der Waals surface area contributed by atoms with Gasteiger partial charge in [-0.25, -0.2) is 4.79 Å². The molecule has 0 aliphatic rings. The molecule has 0 spiro atoms. The van der Waals surface area contributed by atoms with Gasteiger partial charge in [0.1, 0.15) is 11.3 Å². The lowest BCUT2D eigenvalue weighted by molar-refractivity contribution is -0.123. The van der Waals surface area contributed by atoms with E-state index in [-0.39, 0.29) is 5.63 Å². The van der Waals surface area contributed by atoms with Crippen LogP contribution in [0.25, 0.3) is 11.0 Å². The molecule has 2 aromatic rings. The topological polar surface area (TPSA) is 82.5 Å². The van der Waals surface area contributed by atoms with Crippen molar-refractivity contribution in [1.82, 2.24) is 0 Å². The first-order valence-electron chi connectivity index (χ1n) is 5.89. The Labute approximate surface area is 110 Å². The van der Waals surface area contributed by atoms with Gasteiger partial charge in [-0.15, -0.1) is 0 Å². The van der Waals surface area contributed by atoms with Gasteiger partial charge in [-0.3, -0.25) is 4.79 Å². The number of carbonyl (C=O) groups is 1. The van der Waals surface area contributed by atoms with Crippen molar-refractivity contribution in [3.05, 3.63) is 39.7 Å². The molecule has 0 saturated carbocycles. The summed E-state index contributed by atoms with van der Waals surface area (Å²) < 4.78 is 10.6. The SMILES string of the molecule is Cc1cc2oc(=O)cc(C)c2cc1OC(C)C(N)=O. The Kier molecular flexibility index (Phi) is 3.29. The Morgan fingerprint density at radius 2 is 1.95 bits per heavy atom. The summed E-state index contributed by atoms with van der Waals surface area (Å²) in [6.45, 7) is 5.21. The standard InChI is InChI=1S/C14H15NO4/c1-7-5-13(16)19-12-4-8(2)11(6-10(7)12)18-9(3)14(15)17/h4-6,9H,1-3H3,(H2,15,17). The van der Waals surface area contributed by atoms with Crippen LogP contribution >= 0.6 is 0 Å². The highest BCUT2D eigenvalue weighted by atomic mass is 16.5. The molecule has 5 nitrogen and oxygen atoms in total. The smallest absolute Gasteiger partial charge is 0.336 e. The molecule has 1 heterocycles. The van der Waals surface area contributed by atoms with E-state index in [0.29, 0.717) is 11.3 Å². The highest BCUT2D eigenvalue weighted by Gasteiger charge is 2.13. The lowest BCUT2D eigenvalue weighted by Gasteiger charge is -2.14. The minimum Gasteiger partial charge on any atom is -0.481 e. The molecule has 5 heteroatoms. The number of hydrogen-bond donors (Lipinski definition) is 1. The second-order valence-corrected chi connectivity index (χ2v) is 4.52. The molecule has 0 aliphatic heterocycles. The molecule has 0 fully saturated rings. The van der Waals surface area contributed by atoms with Crippen molar-refractivity contribution in [3.63, 3.8) is 0 Å². The zero-order valence-corrected chi connectivity index (χ0v) is 11.0. The number of fused-ring (bicyclic) bond motifs is 1. The quantitative estimate of drug-likeness (QED) is 0.852. The van der Waals surface area contributed by atoms with Crippen LogP contribution < -0.4 is 16.1 Å². The summed E-state index contributed by atoms with van der Waals surface area (Å²) in [6.07, 6.45) is -0.716. The van der Waals surface area contributed by atoms with Crippen LogP contribution in [0.4, 0.5) is 0 Å². The van der Waals surface area contributed by atoms with Crippen LogP contribution in [0.2, 0.25) is 0 Å². The van der Waals surface area contributed by atoms with E-state index in [0.717, 1.165) is 16.5 Å². The summed E-state index contributed by atoms with van der Waals surface area (Å²) in [7, 11) is 0. The summed E-state index contributed by atoms with van der Waals surface area (Å²) in [5, 5.41) is 0.775. The van der Waals surface area contributed by atoms with Crippen molar-refractivity contribution in [2.24, 2.45) is 5.73 Å². The normalized spacial score (nSPS) is 12.4. The Morgan fingerprint density at radius 1 is 1.26 bits per heavy atom. The monoisotopic (exact) mass is 261 g/mol. The van der Waals surface area contributed by atoms with Gasteiger partial charge >= 0.3 is 5.63 Å². The van der Waals surface area contributed by atoms with Crippen LogP contribution in [0.5, 0.6) is 5.75 Å². The zero-order valence-electron chi connectivity index (χ0n) is 11.0. The van der Waals surface area contributed by atoms with Gasteiger partial charge < -0.3 is 14.9 Å². The van der Waals surface area contributed by atoms with Crippen molar-refractivity contribution in [1.29, 1.82) is 0 Å². The van der Waals surface area contributed by atoms with Crippen molar-refractivity contribution in [2.75, 3.05) is 0 Å². The lowest BCUT2D eigenvalue weighted by Crippen LogP contribution is -2.30. The predicted octanol–water partition coefficient (Wildman–Crippen LogP) is 1.66. The Hall–Kier alpha value is -2.30. The number of hydrogen-bond acceptors (Lipinski definition) is 4. The number of rotatable bonds is 3. The summed E-state index contributed by atoms with van der Waals surface area (Å²) in [6, 6.07) is 4.88. The Balaban J connectivity index is 2.55. The first-order chi connectivity index (χ1) is 8.88. The number of amides is 1. The van der Waals surface area contributed by atoms with E-state index in [4.69, 9.17) is 14.9 Å². The predicted molar refractivity (Wildman–Crippen MR) is 71.2 cm³/mol. The second kappa shape index (κ2) is 4.76. The van der Waals surface area contributed by atoms with Crippen LogP contribution in [0, 0.1) is 13.8 Å². The van der Waals surface area contributed by atoms with Gasteiger partial charge in [-0.05, 0) is 44.0 Å². The van der Waals surface area contributed by atoms with Crippen molar-refractivity contribution in [2.45, 2.75) is 26.9 Å².